The summed E-state index contributed by atoms with van der Waals surface area (Å²) in [6.07, 6.45) is 4.77. The maximum absolute atomic E-state index is 11.5. The lowest BCUT2D eigenvalue weighted by Crippen LogP contribution is -2.37. The molecule has 0 bridgehead atoms. The zero-order valence-electron chi connectivity index (χ0n) is 7.06. The molecular formula is C9H13NO2. The topological polar surface area (TPSA) is 46.2 Å². The Morgan fingerprint density at radius 1 is 1.08 bits per heavy atom. The van der Waals surface area contributed by atoms with Crippen molar-refractivity contribution >= 4 is 11.7 Å². The minimum atomic E-state index is -0.599. The second-order valence-electron chi connectivity index (χ2n) is 3.75. The van der Waals surface area contributed by atoms with Gasteiger partial charge in [-0.1, -0.05) is 19.3 Å². The van der Waals surface area contributed by atoms with Crippen LogP contribution in [0, 0.1) is 5.41 Å². The molecule has 0 atom stereocenters. The van der Waals surface area contributed by atoms with Crippen molar-refractivity contribution in [1.82, 2.24) is 5.32 Å². The van der Waals surface area contributed by atoms with Crippen LogP contribution < -0.4 is 5.32 Å². The normalized spacial score (nSPS) is 27.7. The Kier molecular flexibility index (Phi) is 1.67. The van der Waals surface area contributed by atoms with Crippen molar-refractivity contribution in [3.8, 4) is 0 Å². The lowest BCUT2D eigenvalue weighted by atomic mass is 9.72. The van der Waals surface area contributed by atoms with Gasteiger partial charge in [0.15, 0.2) is 5.78 Å². The molecule has 1 heterocycles. The number of hydrogen-bond donors (Lipinski definition) is 1. The third-order valence-corrected chi connectivity index (χ3v) is 3.09. The monoisotopic (exact) mass is 167 g/mol. The summed E-state index contributed by atoms with van der Waals surface area (Å²) in [5.41, 5.74) is -0.599. The van der Waals surface area contributed by atoms with Gasteiger partial charge < -0.3 is 5.32 Å². The Balaban J connectivity index is 2.26. The molecular weight excluding hydrogens is 154 g/mol. The molecule has 0 unspecified atom stereocenters. The number of carbonyl (C=O) groups excluding carboxylic acids is 2. The molecule has 1 aliphatic carbocycles. The maximum Gasteiger partial charge on any atom is 0.234 e. The largest absolute Gasteiger partial charge is 0.348 e. The van der Waals surface area contributed by atoms with Gasteiger partial charge in [-0.25, -0.2) is 0 Å². The Morgan fingerprint density at radius 3 is 2.25 bits per heavy atom. The second-order valence-corrected chi connectivity index (χ2v) is 3.75. The number of ketones is 1. The fourth-order valence-corrected chi connectivity index (χ4v) is 2.29. The lowest BCUT2D eigenvalue weighted by molar-refractivity contribution is -0.137. The minimum Gasteiger partial charge on any atom is -0.348 e. The van der Waals surface area contributed by atoms with E-state index in [-0.39, 0.29) is 18.2 Å². The molecule has 1 saturated carbocycles. The summed E-state index contributed by atoms with van der Waals surface area (Å²) >= 11 is 0. The highest BCUT2D eigenvalue weighted by Gasteiger charge is 2.49. The molecule has 0 aromatic rings. The van der Waals surface area contributed by atoms with Crippen molar-refractivity contribution in [2.45, 2.75) is 32.1 Å². The molecule has 2 fully saturated rings. The van der Waals surface area contributed by atoms with Crippen LogP contribution in [-0.2, 0) is 9.59 Å². The molecule has 1 amide bonds. The van der Waals surface area contributed by atoms with Gasteiger partial charge >= 0.3 is 0 Å². The van der Waals surface area contributed by atoms with Gasteiger partial charge in [0.25, 0.3) is 0 Å². The Labute approximate surface area is 71.5 Å². The smallest absolute Gasteiger partial charge is 0.234 e. The zero-order chi connectivity index (χ0) is 8.60. The highest BCUT2D eigenvalue weighted by Crippen LogP contribution is 2.39. The van der Waals surface area contributed by atoms with Gasteiger partial charge in [-0.05, 0) is 12.8 Å². The molecule has 1 N–H and O–H groups in total. The predicted molar refractivity (Wildman–Crippen MR) is 43.5 cm³/mol. The molecule has 12 heavy (non-hydrogen) atoms. The van der Waals surface area contributed by atoms with Crippen LogP contribution in [0.15, 0.2) is 0 Å². The predicted octanol–water partition coefficient (Wildman–Crippen LogP) is 0.636. The summed E-state index contributed by atoms with van der Waals surface area (Å²) in [5, 5.41) is 2.64. The van der Waals surface area contributed by atoms with E-state index in [0.29, 0.717) is 0 Å². The Hall–Kier alpha value is -0.860. The van der Waals surface area contributed by atoms with Gasteiger partial charge in [-0.3, -0.25) is 9.59 Å². The summed E-state index contributed by atoms with van der Waals surface area (Å²) in [7, 11) is 0. The van der Waals surface area contributed by atoms with Crippen LogP contribution in [0.4, 0.5) is 0 Å². The van der Waals surface area contributed by atoms with E-state index in [1.807, 2.05) is 0 Å². The first kappa shape index (κ1) is 7.77. The van der Waals surface area contributed by atoms with Crippen molar-refractivity contribution in [3.05, 3.63) is 0 Å². The lowest BCUT2D eigenvalue weighted by Gasteiger charge is -2.28. The average molecular weight is 167 g/mol. The van der Waals surface area contributed by atoms with Crippen LogP contribution in [-0.4, -0.2) is 18.2 Å². The maximum atomic E-state index is 11.5. The van der Waals surface area contributed by atoms with E-state index in [1.165, 1.54) is 6.42 Å². The first-order valence-electron chi connectivity index (χ1n) is 4.57. The molecule has 3 nitrogen and oxygen atoms in total. The average Bonchev–Trinajstić information content (AvgIpc) is 2.36. The fraction of sp³-hybridized carbons (Fsp3) is 0.778. The van der Waals surface area contributed by atoms with Gasteiger partial charge in [0, 0.05) is 0 Å². The van der Waals surface area contributed by atoms with Gasteiger partial charge in [-0.15, -0.1) is 0 Å². The summed E-state index contributed by atoms with van der Waals surface area (Å²) in [4.78, 5) is 22.9. The SMILES string of the molecule is O=C1CNC(=O)C12CCCCC2. The number of rotatable bonds is 0. The third kappa shape index (κ3) is 0.886. The van der Waals surface area contributed by atoms with Gasteiger partial charge in [0.05, 0.1) is 6.54 Å². The van der Waals surface area contributed by atoms with Crippen LogP contribution in [0.3, 0.4) is 0 Å². The van der Waals surface area contributed by atoms with Crippen molar-refractivity contribution in [2.75, 3.05) is 6.54 Å². The van der Waals surface area contributed by atoms with Crippen molar-refractivity contribution in [2.24, 2.45) is 5.41 Å². The van der Waals surface area contributed by atoms with Crippen molar-refractivity contribution in [1.29, 1.82) is 0 Å². The Morgan fingerprint density at radius 2 is 1.75 bits per heavy atom. The van der Waals surface area contributed by atoms with Gasteiger partial charge in [0.2, 0.25) is 5.91 Å². The van der Waals surface area contributed by atoms with E-state index >= 15 is 0 Å². The molecule has 66 valence electrons. The molecule has 0 aromatic heterocycles. The standard InChI is InChI=1S/C9H13NO2/c11-7-6-10-8(12)9(7)4-2-1-3-5-9/h1-6H2,(H,10,12). The van der Waals surface area contributed by atoms with Crippen LogP contribution in [0.2, 0.25) is 0 Å². The molecule has 2 aliphatic rings. The first-order chi connectivity index (χ1) is 5.76. The summed E-state index contributed by atoms with van der Waals surface area (Å²) in [5.74, 6) is 0.0967. The summed E-state index contributed by atoms with van der Waals surface area (Å²) in [6, 6.07) is 0. The molecule has 1 saturated heterocycles. The number of nitrogens with one attached hydrogen (secondary N) is 1. The van der Waals surface area contributed by atoms with E-state index in [9.17, 15) is 9.59 Å². The summed E-state index contributed by atoms with van der Waals surface area (Å²) in [6.45, 7) is 0.263. The van der Waals surface area contributed by atoms with Crippen LogP contribution in [0.1, 0.15) is 32.1 Å². The van der Waals surface area contributed by atoms with Crippen LogP contribution in [0.25, 0.3) is 0 Å². The number of hydrogen-bond acceptors (Lipinski definition) is 2. The number of carbonyl (C=O) groups is 2. The van der Waals surface area contributed by atoms with Crippen LogP contribution >= 0.6 is 0 Å². The van der Waals surface area contributed by atoms with E-state index in [1.54, 1.807) is 0 Å². The first-order valence-corrected chi connectivity index (χ1v) is 4.57. The molecule has 0 aromatic carbocycles. The molecule has 1 spiro atoms. The molecule has 2 rings (SSSR count). The van der Waals surface area contributed by atoms with Crippen molar-refractivity contribution < 1.29 is 9.59 Å². The van der Waals surface area contributed by atoms with Gasteiger partial charge in [0.1, 0.15) is 5.41 Å². The third-order valence-electron chi connectivity index (χ3n) is 3.09. The van der Waals surface area contributed by atoms with E-state index in [2.05, 4.69) is 5.32 Å². The fourth-order valence-electron chi connectivity index (χ4n) is 2.29. The second kappa shape index (κ2) is 2.57. The van der Waals surface area contributed by atoms with E-state index in [4.69, 9.17) is 0 Å². The Bertz CT molecular complexity index is 211. The molecule has 3 heteroatoms. The zero-order valence-corrected chi connectivity index (χ0v) is 7.06. The number of amides is 1. The highest BCUT2D eigenvalue weighted by molar-refractivity contribution is 6.12. The van der Waals surface area contributed by atoms with Crippen LogP contribution in [0.5, 0.6) is 0 Å². The number of Topliss-reactive ketones (excluding diaryl/α,β-unsaturated/α-hetero) is 1. The van der Waals surface area contributed by atoms with E-state index in [0.717, 1.165) is 25.7 Å². The quantitative estimate of drug-likeness (QED) is 0.538. The highest BCUT2D eigenvalue weighted by atomic mass is 16.2. The minimum absolute atomic E-state index is 0.0211. The van der Waals surface area contributed by atoms with Crippen molar-refractivity contribution in [3.63, 3.8) is 0 Å². The van der Waals surface area contributed by atoms with E-state index < -0.39 is 5.41 Å². The molecule has 1 aliphatic heterocycles. The van der Waals surface area contributed by atoms with Gasteiger partial charge in [-0.2, -0.15) is 0 Å². The molecule has 0 radical (unpaired) electrons. The summed E-state index contributed by atoms with van der Waals surface area (Å²) < 4.78 is 0.